The third-order valence-electron chi connectivity index (χ3n) is 6.49. The molecule has 0 radical (unpaired) electrons. The quantitative estimate of drug-likeness (QED) is 0.257. The Hall–Kier alpha value is -3.75. The molecular formula is C29H28ClN3O4S. The molecule has 0 unspecified atom stereocenters. The van der Waals surface area contributed by atoms with Gasteiger partial charge in [-0.05, 0) is 57.0 Å². The number of aromatic nitrogens is 1. The van der Waals surface area contributed by atoms with E-state index in [1.165, 1.54) is 7.11 Å². The van der Waals surface area contributed by atoms with Crippen LogP contribution in [-0.2, 0) is 4.74 Å². The van der Waals surface area contributed by atoms with Gasteiger partial charge in [-0.15, -0.1) is 11.3 Å². The van der Waals surface area contributed by atoms with Gasteiger partial charge in [0.05, 0.1) is 34.3 Å². The second-order valence-corrected chi connectivity index (χ2v) is 10.1. The first-order valence-electron chi connectivity index (χ1n) is 12.2. The molecule has 2 aromatic heterocycles. The monoisotopic (exact) mass is 549 g/mol. The van der Waals surface area contributed by atoms with Crippen LogP contribution in [0.25, 0.3) is 22.2 Å². The molecule has 4 rings (SSSR count). The zero-order valence-corrected chi connectivity index (χ0v) is 23.4. The van der Waals surface area contributed by atoms with Gasteiger partial charge in [0.15, 0.2) is 0 Å². The maximum atomic E-state index is 13.9. The van der Waals surface area contributed by atoms with E-state index in [2.05, 4.69) is 5.32 Å². The lowest BCUT2D eigenvalue weighted by Gasteiger charge is -2.18. The van der Waals surface area contributed by atoms with E-state index in [-0.39, 0.29) is 16.5 Å². The number of ether oxygens (including phenoxy) is 1. The number of benzene rings is 2. The molecule has 0 spiro atoms. The molecule has 0 fully saturated rings. The summed E-state index contributed by atoms with van der Waals surface area (Å²) in [5.41, 5.74) is 3.89. The summed E-state index contributed by atoms with van der Waals surface area (Å²) in [6.07, 6.45) is 0. The van der Waals surface area contributed by atoms with Crippen LogP contribution < -0.4 is 5.32 Å². The van der Waals surface area contributed by atoms with Gasteiger partial charge in [0.1, 0.15) is 5.00 Å². The average Bonchev–Trinajstić information content (AvgIpc) is 3.24. The molecule has 2 amide bonds. The highest BCUT2D eigenvalue weighted by Crippen LogP contribution is 2.36. The minimum absolute atomic E-state index is 0.176. The largest absolute Gasteiger partial charge is 0.465 e. The summed E-state index contributed by atoms with van der Waals surface area (Å²) < 4.78 is 5.00. The van der Waals surface area contributed by atoms with Gasteiger partial charge in [0.25, 0.3) is 11.8 Å². The van der Waals surface area contributed by atoms with Crippen LogP contribution in [0.15, 0.2) is 48.5 Å². The first-order chi connectivity index (χ1) is 18.2. The molecule has 196 valence electrons. The number of amides is 2. The Kier molecular flexibility index (Phi) is 8.14. The van der Waals surface area contributed by atoms with Gasteiger partial charge in [-0.2, -0.15) is 0 Å². The number of thiophene rings is 1. The fraction of sp³-hybridized carbons (Fsp3) is 0.241. The molecule has 0 saturated heterocycles. The van der Waals surface area contributed by atoms with E-state index >= 15 is 0 Å². The molecule has 0 bridgehead atoms. The molecule has 0 aliphatic heterocycles. The number of anilines is 1. The molecule has 2 heterocycles. The highest BCUT2D eigenvalue weighted by molar-refractivity contribution is 7.18. The molecule has 1 N–H and O–H groups in total. The van der Waals surface area contributed by atoms with Crippen LogP contribution in [0.2, 0.25) is 5.02 Å². The van der Waals surface area contributed by atoms with Gasteiger partial charge in [0.2, 0.25) is 0 Å². The first kappa shape index (κ1) is 27.3. The number of carbonyl (C=O) groups excluding carboxylic acids is 3. The molecular weight excluding hydrogens is 522 g/mol. The zero-order chi connectivity index (χ0) is 27.6. The second kappa shape index (κ2) is 11.3. The Morgan fingerprint density at radius 3 is 2.26 bits per heavy atom. The topological polar surface area (TPSA) is 88.6 Å². The summed E-state index contributed by atoms with van der Waals surface area (Å²) >= 11 is 7.16. The number of halogens is 1. The molecule has 0 atom stereocenters. The minimum Gasteiger partial charge on any atom is -0.465 e. The van der Waals surface area contributed by atoms with Crippen LogP contribution >= 0.6 is 22.9 Å². The van der Waals surface area contributed by atoms with Crippen molar-refractivity contribution in [3.63, 3.8) is 0 Å². The fourth-order valence-electron chi connectivity index (χ4n) is 4.46. The Bertz CT molecular complexity index is 1540. The number of pyridine rings is 1. The summed E-state index contributed by atoms with van der Waals surface area (Å²) in [5, 5.41) is 4.45. The lowest BCUT2D eigenvalue weighted by Crippen LogP contribution is -2.30. The molecule has 0 aliphatic carbocycles. The standard InChI is InChI=1S/C29H28ClN3O4S/c1-6-33(7-2)28(35)25-17(4)23(29(36)37-5)27(38-25)32-26(34)22-16(3)24(18-12-14-19(30)15-13-18)31-21-11-9-8-10-20(21)22/h8-15H,6-7H2,1-5H3,(H,32,34). The predicted octanol–water partition coefficient (Wildman–Crippen LogP) is 6.75. The summed E-state index contributed by atoms with van der Waals surface area (Å²) in [6, 6.07) is 14.7. The van der Waals surface area contributed by atoms with Crippen molar-refractivity contribution in [2.75, 3.05) is 25.5 Å². The predicted molar refractivity (Wildman–Crippen MR) is 153 cm³/mol. The van der Waals surface area contributed by atoms with Crippen molar-refractivity contribution >= 4 is 56.6 Å². The number of para-hydroxylation sites is 1. The fourth-order valence-corrected chi connectivity index (χ4v) is 5.75. The van der Waals surface area contributed by atoms with Gasteiger partial charge < -0.3 is 15.0 Å². The van der Waals surface area contributed by atoms with Crippen LogP contribution in [0.1, 0.15) is 55.4 Å². The highest BCUT2D eigenvalue weighted by atomic mass is 35.5. The van der Waals surface area contributed by atoms with Crippen LogP contribution in [0, 0.1) is 13.8 Å². The SMILES string of the molecule is CCN(CC)C(=O)c1sc(NC(=O)c2c(C)c(-c3ccc(Cl)cc3)nc3ccccc23)c(C(=O)OC)c1C. The Balaban J connectivity index is 1.85. The van der Waals surface area contributed by atoms with Crippen molar-refractivity contribution in [2.24, 2.45) is 0 Å². The molecule has 2 aromatic carbocycles. The number of carbonyl (C=O) groups is 3. The van der Waals surface area contributed by atoms with Gasteiger partial charge >= 0.3 is 5.97 Å². The first-order valence-corrected chi connectivity index (χ1v) is 13.4. The number of hydrogen-bond donors (Lipinski definition) is 1. The van der Waals surface area contributed by atoms with E-state index in [9.17, 15) is 14.4 Å². The van der Waals surface area contributed by atoms with Crippen molar-refractivity contribution in [3.8, 4) is 11.3 Å². The Morgan fingerprint density at radius 1 is 0.974 bits per heavy atom. The van der Waals surface area contributed by atoms with Crippen molar-refractivity contribution in [1.29, 1.82) is 0 Å². The number of nitrogens with zero attached hydrogens (tertiary/aromatic N) is 2. The van der Waals surface area contributed by atoms with Crippen molar-refractivity contribution < 1.29 is 19.1 Å². The van der Waals surface area contributed by atoms with E-state index in [1.807, 2.05) is 57.2 Å². The van der Waals surface area contributed by atoms with Crippen LogP contribution in [0.4, 0.5) is 5.00 Å². The van der Waals surface area contributed by atoms with Crippen LogP contribution in [-0.4, -0.2) is 47.9 Å². The molecule has 7 nitrogen and oxygen atoms in total. The van der Waals surface area contributed by atoms with E-state index in [4.69, 9.17) is 21.3 Å². The normalized spacial score (nSPS) is 10.9. The number of nitrogens with one attached hydrogen (secondary N) is 1. The molecule has 0 saturated carbocycles. The van der Waals surface area contributed by atoms with Gasteiger partial charge in [0, 0.05) is 29.1 Å². The molecule has 4 aromatic rings. The molecule has 9 heteroatoms. The number of fused-ring (bicyclic) bond motifs is 1. The Morgan fingerprint density at radius 2 is 1.63 bits per heavy atom. The average molecular weight is 550 g/mol. The maximum Gasteiger partial charge on any atom is 0.341 e. The lowest BCUT2D eigenvalue weighted by atomic mass is 9.97. The third kappa shape index (κ3) is 5.01. The summed E-state index contributed by atoms with van der Waals surface area (Å²) in [7, 11) is 1.27. The number of methoxy groups -OCH3 is 1. The van der Waals surface area contributed by atoms with Crippen LogP contribution in [0.5, 0.6) is 0 Å². The van der Waals surface area contributed by atoms with Crippen molar-refractivity contribution in [2.45, 2.75) is 27.7 Å². The van der Waals surface area contributed by atoms with E-state index < -0.39 is 11.9 Å². The van der Waals surface area contributed by atoms with Gasteiger partial charge in [-0.25, -0.2) is 9.78 Å². The van der Waals surface area contributed by atoms with Crippen molar-refractivity contribution in [3.05, 3.63) is 80.7 Å². The smallest absolute Gasteiger partial charge is 0.341 e. The third-order valence-corrected chi connectivity index (χ3v) is 7.94. The minimum atomic E-state index is -0.620. The van der Waals surface area contributed by atoms with E-state index in [0.717, 1.165) is 16.9 Å². The summed E-state index contributed by atoms with van der Waals surface area (Å²) in [4.78, 5) is 46.7. The highest BCUT2D eigenvalue weighted by Gasteiger charge is 2.29. The van der Waals surface area contributed by atoms with Gasteiger partial charge in [-0.3, -0.25) is 9.59 Å². The van der Waals surface area contributed by atoms with Crippen LogP contribution in [0.3, 0.4) is 0 Å². The molecule has 38 heavy (non-hydrogen) atoms. The maximum absolute atomic E-state index is 13.9. The van der Waals surface area contributed by atoms with E-state index in [0.29, 0.717) is 56.3 Å². The van der Waals surface area contributed by atoms with E-state index in [1.54, 1.807) is 24.0 Å². The number of rotatable bonds is 7. The zero-order valence-electron chi connectivity index (χ0n) is 21.8. The number of esters is 1. The van der Waals surface area contributed by atoms with Gasteiger partial charge in [-0.1, -0.05) is 41.9 Å². The lowest BCUT2D eigenvalue weighted by molar-refractivity contribution is 0.0601. The molecule has 0 aliphatic rings. The second-order valence-electron chi connectivity index (χ2n) is 8.67. The number of hydrogen-bond acceptors (Lipinski definition) is 6. The summed E-state index contributed by atoms with van der Waals surface area (Å²) in [5.74, 6) is -1.23. The summed E-state index contributed by atoms with van der Waals surface area (Å²) in [6.45, 7) is 8.37. The van der Waals surface area contributed by atoms with Crippen molar-refractivity contribution in [1.82, 2.24) is 9.88 Å². The Labute approximate surface area is 230 Å².